The third kappa shape index (κ3) is 1.75. The lowest BCUT2D eigenvalue weighted by atomic mass is 9.58. The van der Waals surface area contributed by atoms with Crippen LogP contribution >= 0.6 is 0 Å². The van der Waals surface area contributed by atoms with E-state index in [4.69, 9.17) is 0 Å². The van der Waals surface area contributed by atoms with Gasteiger partial charge in [-0.2, -0.15) is 0 Å². The summed E-state index contributed by atoms with van der Waals surface area (Å²) in [4.78, 5) is 0. The second-order valence-corrected chi connectivity index (χ2v) is 5.96. The summed E-state index contributed by atoms with van der Waals surface area (Å²) in [5.74, 6) is 1.22. The molecule has 0 unspecified atom stereocenters. The van der Waals surface area contributed by atoms with Gasteiger partial charge < -0.3 is 5.11 Å². The van der Waals surface area contributed by atoms with E-state index in [-0.39, 0.29) is 0 Å². The summed E-state index contributed by atoms with van der Waals surface area (Å²) in [6.45, 7) is 10.6. The van der Waals surface area contributed by atoms with E-state index >= 15 is 0 Å². The Morgan fingerprint density at radius 2 is 2.19 bits per heavy atom. The molecule has 4 atom stereocenters. The zero-order valence-electron chi connectivity index (χ0n) is 10.8. The third-order valence-electron chi connectivity index (χ3n) is 4.79. The third-order valence-corrected chi connectivity index (χ3v) is 4.79. The van der Waals surface area contributed by atoms with Crippen LogP contribution in [0.15, 0.2) is 23.8 Å². The highest BCUT2D eigenvalue weighted by Crippen LogP contribution is 2.50. The SMILES string of the molecule is C=C(C)[C@H]1CC[C@H](C)[C@]2(O)CCC(C)=C[C@H]12. The number of hydrogen-bond acceptors (Lipinski definition) is 1. The monoisotopic (exact) mass is 220 g/mol. The number of aliphatic hydroxyl groups is 1. The van der Waals surface area contributed by atoms with Gasteiger partial charge in [0, 0.05) is 5.92 Å². The van der Waals surface area contributed by atoms with Crippen LogP contribution in [0.5, 0.6) is 0 Å². The topological polar surface area (TPSA) is 20.2 Å². The van der Waals surface area contributed by atoms with Gasteiger partial charge in [-0.25, -0.2) is 0 Å². The normalized spacial score (nSPS) is 43.5. The van der Waals surface area contributed by atoms with Crippen molar-refractivity contribution in [3.05, 3.63) is 23.8 Å². The van der Waals surface area contributed by atoms with Crippen molar-refractivity contribution in [1.29, 1.82) is 0 Å². The van der Waals surface area contributed by atoms with Crippen LogP contribution in [0, 0.1) is 17.8 Å². The van der Waals surface area contributed by atoms with Gasteiger partial charge in [0.1, 0.15) is 0 Å². The molecule has 0 aromatic carbocycles. The minimum atomic E-state index is -0.471. The molecule has 0 bridgehead atoms. The van der Waals surface area contributed by atoms with E-state index < -0.39 is 5.60 Å². The van der Waals surface area contributed by atoms with E-state index in [1.54, 1.807) is 0 Å². The lowest BCUT2D eigenvalue weighted by Crippen LogP contribution is -2.51. The largest absolute Gasteiger partial charge is 0.389 e. The van der Waals surface area contributed by atoms with Crippen LogP contribution in [0.25, 0.3) is 0 Å². The molecule has 0 radical (unpaired) electrons. The minimum absolute atomic E-state index is 0.308. The van der Waals surface area contributed by atoms with E-state index in [1.807, 2.05) is 0 Å². The zero-order valence-corrected chi connectivity index (χ0v) is 10.8. The van der Waals surface area contributed by atoms with Crippen molar-refractivity contribution >= 4 is 0 Å². The predicted octanol–water partition coefficient (Wildman–Crippen LogP) is 3.70. The molecule has 1 nitrogen and oxygen atoms in total. The average Bonchev–Trinajstić information content (AvgIpc) is 2.21. The van der Waals surface area contributed by atoms with Gasteiger partial charge in [-0.1, -0.05) is 30.7 Å². The molecule has 0 heterocycles. The Morgan fingerprint density at radius 3 is 2.81 bits per heavy atom. The van der Waals surface area contributed by atoms with Crippen LogP contribution in [0.2, 0.25) is 0 Å². The van der Waals surface area contributed by atoms with E-state index in [2.05, 4.69) is 33.4 Å². The van der Waals surface area contributed by atoms with Crippen LogP contribution in [-0.2, 0) is 0 Å². The first-order chi connectivity index (χ1) is 7.45. The van der Waals surface area contributed by atoms with Crippen LogP contribution < -0.4 is 0 Å². The summed E-state index contributed by atoms with van der Waals surface area (Å²) in [5.41, 5.74) is 2.21. The van der Waals surface area contributed by atoms with Gasteiger partial charge in [-0.05, 0) is 51.4 Å². The molecule has 1 N–H and O–H groups in total. The highest BCUT2D eigenvalue weighted by atomic mass is 16.3. The van der Waals surface area contributed by atoms with Gasteiger partial charge in [0.05, 0.1) is 5.60 Å². The first kappa shape index (κ1) is 11.9. The number of allylic oxidation sites excluding steroid dienone is 2. The maximum Gasteiger partial charge on any atom is 0.0744 e. The van der Waals surface area contributed by atoms with Crippen LogP contribution in [-0.4, -0.2) is 10.7 Å². The molecular weight excluding hydrogens is 196 g/mol. The molecule has 2 rings (SSSR count). The van der Waals surface area contributed by atoms with Gasteiger partial charge in [0.15, 0.2) is 0 Å². The van der Waals surface area contributed by atoms with E-state index in [9.17, 15) is 5.11 Å². The minimum Gasteiger partial charge on any atom is -0.389 e. The first-order valence-corrected chi connectivity index (χ1v) is 6.50. The molecule has 0 amide bonds. The summed E-state index contributed by atoms with van der Waals surface area (Å²) in [7, 11) is 0. The van der Waals surface area contributed by atoms with Crippen molar-refractivity contribution in [2.45, 2.75) is 52.1 Å². The Bertz CT molecular complexity index is 328. The average molecular weight is 220 g/mol. The maximum atomic E-state index is 10.9. The quantitative estimate of drug-likeness (QED) is 0.668. The van der Waals surface area contributed by atoms with Crippen LogP contribution in [0.3, 0.4) is 0 Å². The first-order valence-electron chi connectivity index (χ1n) is 6.50. The Balaban J connectivity index is 2.36. The fraction of sp³-hybridized carbons (Fsp3) is 0.733. The van der Waals surface area contributed by atoms with Crippen molar-refractivity contribution in [3.8, 4) is 0 Å². The summed E-state index contributed by atoms with van der Waals surface area (Å²) >= 11 is 0. The smallest absolute Gasteiger partial charge is 0.0744 e. The highest BCUT2D eigenvalue weighted by Gasteiger charge is 2.48. The van der Waals surface area contributed by atoms with Gasteiger partial charge in [0.2, 0.25) is 0 Å². The lowest BCUT2D eigenvalue weighted by Gasteiger charge is -2.50. The summed E-state index contributed by atoms with van der Waals surface area (Å²) in [5, 5.41) is 10.9. The predicted molar refractivity (Wildman–Crippen MR) is 68.1 cm³/mol. The second kappa shape index (κ2) is 4.03. The van der Waals surface area contributed by atoms with E-state index in [1.165, 1.54) is 17.6 Å². The van der Waals surface area contributed by atoms with Crippen LogP contribution in [0.4, 0.5) is 0 Å². The molecule has 0 aromatic heterocycles. The van der Waals surface area contributed by atoms with Crippen molar-refractivity contribution in [2.24, 2.45) is 17.8 Å². The van der Waals surface area contributed by atoms with Gasteiger partial charge in [0.25, 0.3) is 0 Å². The molecule has 1 fully saturated rings. The van der Waals surface area contributed by atoms with Gasteiger partial charge in [-0.15, -0.1) is 0 Å². The van der Waals surface area contributed by atoms with Crippen LogP contribution in [0.1, 0.15) is 46.5 Å². The Morgan fingerprint density at radius 1 is 1.50 bits per heavy atom. The number of fused-ring (bicyclic) bond motifs is 1. The van der Waals surface area contributed by atoms with E-state index in [0.29, 0.717) is 17.8 Å². The molecule has 90 valence electrons. The van der Waals surface area contributed by atoms with Crippen molar-refractivity contribution < 1.29 is 5.11 Å². The van der Waals surface area contributed by atoms with Crippen molar-refractivity contribution in [3.63, 3.8) is 0 Å². The lowest BCUT2D eigenvalue weighted by molar-refractivity contribution is -0.0978. The van der Waals surface area contributed by atoms with Gasteiger partial charge in [-0.3, -0.25) is 0 Å². The second-order valence-electron chi connectivity index (χ2n) is 5.96. The molecule has 2 aliphatic carbocycles. The molecule has 0 aromatic rings. The molecule has 0 aliphatic heterocycles. The molecule has 1 saturated carbocycles. The standard InChI is InChI=1S/C15H24O/c1-10(2)13-6-5-12(4)15(16)8-7-11(3)9-14(13)15/h9,12-14,16H,1,5-8H2,2-4H3/t12-,13+,14+,15+/m0/s1. The maximum absolute atomic E-state index is 10.9. The van der Waals surface area contributed by atoms with Gasteiger partial charge >= 0.3 is 0 Å². The van der Waals surface area contributed by atoms with Crippen molar-refractivity contribution in [2.75, 3.05) is 0 Å². The Kier molecular flexibility index (Phi) is 3.00. The summed E-state index contributed by atoms with van der Waals surface area (Å²) in [6.07, 6.45) is 6.63. The Hall–Kier alpha value is -0.560. The molecule has 16 heavy (non-hydrogen) atoms. The fourth-order valence-corrected chi connectivity index (χ4v) is 3.55. The summed E-state index contributed by atoms with van der Waals surface area (Å²) in [6, 6.07) is 0. The molecule has 1 heteroatoms. The highest BCUT2D eigenvalue weighted by molar-refractivity contribution is 5.20. The van der Waals surface area contributed by atoms with Crippen molar-refractivity contribution in [1.82, 2.24) is 0 Å². The molecule has 0 saturated heterocycles. The fourth-order valence-electron chi connectivity index (χ4n) is 3.55. The number of hydrogen-bond donors (Lipinski definition) is 1. The molecule has 0 spiro atoms. The van der Waals surface area contributed by atoms with E-state index in [0.717, 1.165) is 19.3 Å². The zero-order chi connectivity index (χ0) is 11.9. The summed E-state index contributed by atoms with van der Waals surface area (Å²) < 4.78 is 0. The molecule has 2 aliphatic rings. The Labute approximate surface area is 99.3 Å². The number of rotatable bonds is 1. The molecular formula is C15H24O.